The minimum atomic E-state index is -2.96. The van der Waals surface area contributed by atoms with Gasteiger partial charge in [-0.15, -0.1) is 0 Å². The van der Waals surface area contributed by atoms with Gasteiger partial charge in [-0.2, -0.15) is 0 Å². The predicted molar refractivity (Wildman–Crippen MR) is 99.9 cm³/mol. The van der Waals surface area contributed by atoms with Crippen molar-refractivity contribution >= 4 is 27.4 Å². The van der Waals surface area contributed by atoms with Crippen LogP contribution in [0.1, 0.15) is 20.3 Å². The average Bonchev–Trinajstić information content (AvgIpc) is 2.50. The molecule has 0 heterocycles. The lowest BCUT2D eigenvalue weighted by atomic mass is 10.3. The van der Waals surface area contributed by atoms with Gasteiger partial charge in [-0.1, -0.05) is 23.7 Å². The molecule has 2 N–H and O–H groups in total. The third-order valence-corrected chi connectivity index (χ3v) is 4.39. The summed E-state index contributed by atoms with van der Waals surface area (Å²) < 4.78 is 28.0. The van der Waals surface area contributed by atoms with Crippen molar-refractivity contribution in [3.8, 4) is 5.75 Å². The Morgan fingerprint density at radius 1 is 1.38 bits per heavy atom. The van der Waals surface area contributed by atoms with Crippen LogP contribution in [0.15, 0.2) is 29.3 Å². The zero-order valence-electron chi connectivity index (χ0n) is 14.4. The second-order valence-corrected chi connectivity index (χ2v) is 8.17. The van der Waals surface area contributed by atoms with Crippen LogP contribution in [0.4, 0.5) is 0 Å². The van der Waals surface area contributed by atoms with Gasteiger partial charge in [0, 0.05) is 18.8 Å². The number of hydrogen-bond acceptors (Lipinski definition) is 4. The molecule has 1 unspecified atom stereocenters. The highest BCUT2D eigenvalue weighted by Gasteiger charge is 2.09. The SMILES string of the molecule is CCNC(=NCCOc1ccccc1Cl)NC(C)CCS(C)(=O)=O. The van der Waals surface area contributed by atoms with E-state index in [1.165, 1.54) is 6.26 Å². The first-order chi connectivity index (χ1) is 11.3. The van der Waals surface area contributed by atoms with Crippen LogP contribution < -0.4 is 15.4 Å². The molecule has 0 aliphatic heterocycles. The Morgan fingerprint density at radius 2 is 2.08 bits per heavy atom. The van der Waals surface area contributed by atoms with Gasteiger partial charge in [0.05, 0.1) is 17.3 Å². The highest BCUT2D eigenvalue weighted by molar-refractivity contribution is 7.90. The van der Waals surface area contributed by atoms with E-state index >= 15 is 0 Å². The van der Waals surface area contributed by atoms with Crippen LogP contribution in [0.25, 0.3) is 0 Å². The fourth-order valence-electron chi connectivity index (χ4n) is 1.89. The highest BCUT2D eigenvalue weighted by Crippen LogP contribution is 2.22. The molecule has 24 heavy (non-hydrogen) atoms. The summed E-state index contributed by atoms with van der Waals surface area (Å²) >= 11 is 6.02. The number of hydrogen-bond donors (Lipinski definition) is 2. The molecule has 136 valence electrons. The second kappa shape index (κ2) is 10.4. The number of para-hydroxylation sites is 1. The molecule has 8 heteroatoms. The first-order valence-corrected chi connectivity index (χ1v) is 10.4. The molecule has 1 rings (SSSR count). The monoisotopic (exact) mass is 375 g/mol. The number of sulfone groups is 1. The molecule has 0 saturated heterocycles. The Labute approximate surface area is 149 Å². The van der Waals surface area contributed by atoms with E-state index in [4.69, 9.17) is 16.3 Å². The number of nitrogens with zero attached hydrogens (tertiary/aromatic N) is 1. The van der Waals surface area contributed by atoms with Crippen LogP contribution in [-0.2, 0) is 9.84 Å². The quantitative estimate of drug-likeness (QED) is 0.392. The van der Waals surface area contributed by atoms with Crippen molar-refractivity contribution in [3.05, 3.63) is 29.3 Å². The zero-order valence-corrected chi connectivity index (χ0v) is 16.0. The van der Waals surface area contributed by atoms with Gasteiger partial charge < -0.3 is 15.4 Å². The van der Waals surface area contributed by atoms with E-state index in [2.05, 4.69) is 15.6 Å². The Bertz CT molecular complexity index is 635. The molecule has 0 aliphatic rings. The Hall–Kier alpha value is -1.47. The molecular weight excluding hydrogens is 350 g/mol. The summed E-state index contributed by atoms with van der Waals surface area (Å²) in [6.45, 7) is 5.48. The van der Waals surface area contributed by atoms with E-state index in [0.29, 0.717) is 36.3 Å². The molecule has 0 bridgehead atoms. The second-order valence-electron chi connectivity index (χ2n) is 5.50. The van der Waals surface area contributed by atoms with Crippen LogP contribution in [0.2, 0.25) is 5.02 Å². The first kappa shape index (κ1) is 20.6. The zero-order chi connectivity index (χ0) is 18.0. The number of nitrogens with one attached hydrogen (secondary N) is 2. The fourth-order valence-corrected chi connectivity index (χ4v) is 2.86. The van der Waals surface area contributed by atoms with Crippen LogP contribution in [0.5, 0.6) is 5.75 Å². The molecule has 0 amide bonds. The first-order valence-electron chi connectivity index (χ1n) is 7.91. The topological polar surface area (TPSA) is 79.8 Å². The summed E-state index contributed by atoms with van der Waals surface area (Å²) in [6.07, 6.45) is 1.77. The largest absolute Gasteiger partial charge is 0.490 e. The molecule has 1 aromatic rings. The number of aliphatic imine (C=N–C) groups is 1. The van der Waals surface area contributed by atoms with Crippen molar-refractivity contribution in [2.75, 3.05) is 31.7 Å². The van der Waals surface area contributed by atoms with Gasteiger partial charge in [0.25, 0.3) is 0 Å². The number of ether oxygens (including phenoxy) is 1. The summed E-state index contributed by atoms with van der Waals surface area (Å²) in [7, 11) is -2.96. The number of benzene rings is 1. The van der Waals surface area contributed by atoms with Gasteiger partial charge >= 0.3 is 0 Å². The minimum absolute atomic E-state index is 0.00186. The van der Waals surface area contributed by atoms with E-state index in [9.17, 15) is 8.42 Å². The molecule has 0 aliphatic carbocycles. The summed E-state index contributed by atoms with van der Waals surface area (Å²) in [4.78, 5) is 4.42. The lowest BCUT2D eigenvalue weighted by Gasteiger charge is -2.17. The summed E-state index contributed by atoms with van der Waals surface area (Å²) in [6, 6.07) is 7.29. The van der Waals surface area contributed by atoms with E-state index in [1.807, 2.05) is 32.0 Å². The van der Waals surface area contributed by atoms with Crippen molar-refractivity contribution < 1.29 is 13.2 Å². The van der Waals surface area contributed by atoms with Gasteiger partial charge in [-0.25, -0.2) is 13.4 Å². The third kappa shape index (κ3) is 8.98. The van der Waals surface area contributed by atoms with Crippen LogP contribution in [0.3, 0.4) is 0 Å². The molecule has 0 aromatic heterocycles. The summed E-state index contributed by atoms with van der Waals surface area (Å²) in [5, 5.41) is 6.89. The highest BCUT2D eigenvalue weighted by atomic mass is 35.5. The molecule has 0 spiro atoms. The molecule has 0 fully saturated rings. The van der Waals surface area contributed by atoms with Crippen molar-refractivity contribution in [2.24, 2.45) is 4.99 Å². The molecule has 0 radical (unpaired) electrons. The van der Waals surface area contributed by atoms with Gasteiger partial charge in [-0.3, -0.25) is 0 Å². The van der Waals surface area contributed by atoms with Crippen LogP contribution >= 0.6 is 11.6 Å². The Balaban J connectivity index is 2.45. The lowest BCUT2D eigenvalue weighted by Crippen LogP contribution is -2.43. The smallest absolute Gasteiger partial charge is 0.191 e. The predicted octanol–water partition coefficient (Wildman–Crippen LogP) is 2.10. The average molecular weight is 376 g/mol. The van der Waals surface area contributed by atoms with Gasteiger partial charge in [0.1, 0.15) is 22.2 Å². The normalized spacial score (nSPS) is 13.4. The van der Waals surface area contributed by atoms with E-state index in [-0.39, 0.29) is 11.8 Å². The molecule has 0 saturated carbocycles. The Kier molecular flexibility index (Phi) is 8.92. The Morgan fingerprint density at radius 3 is 2.71 bits per heavy atom. The maximum Gasteiger partial charge on any atom is 0.191 e. The number of halogens is 1. The van der Waals surface area contributed by atoms with Gasteiger partial charge in [0.15, 0.2) is 5.96 Å². The standard InChI is InChI=1S/C16H26ClN3O3S/c1-4-18-16(20-13(2)9-12-24(3,21)22)19-10-11-23-15-8-6-5-7-14(15)17/h5-8,13H,4,9-12H2,1-3H3,(H2,18,19,20). The van der Waals surface area contributed by atoms with Crippen molar-refractivity contribution in [3.63, 3.8) is 0 Å². The van der Waals surface area contributed by atoms with E-state index in [0.717, 1.165) is 6.54 Å². The van der Waals surface area contributed by atoms with E-state index in [1.54, 1.807) is 6.07 Å². The number of guanidine groups is 1. The molecule has 1 atom stereocenters. The van der Waals surface area contributed by atoms with Crippen LogP contribution in [-0.4, -0.2) is 52.1 Å². The fraction of sp³-hybridized carbons (Fsp3) is 0.562. The number of rotatable bonds is 9. The van der Waals surface area contributed by atoms with Crippen LogP contribution in [0, 0.1) is 0 Å². The molecular formula is C16H26ClN3O3S. The molecule has 1 aromatic carbocycles. The van der Waals surface area contributed by atoms with Crippen molar-refractivity contribution in [1.82, 2.24) is 10.6 Å². The molecule has 6 nitrogen and oxygen atoms in total. The van der Waals surface area contributed by atoms with E-state index < -0.39 is 9.84 Å². The maximum atomic E-state index is 11.2. The third-order valence-electron chi connectivity index (χ3n) is 3.10. The van der Waals surface area contributed by atoms with Crippen molar-refractivity contribution in [2.45, 2.75) is 26.3 Å². The minimum Gasteiger partial charge on any atom is -0.490 e. The maximum absolute atomic E-state index is 11.2. The summed E-state index contributed by atoms with van der Waals surface area (Å²) in [5.74, 6) is 1.42. The summed E-state index contributed by atoms with van der Waals surface area (Å²) in [5.41, 5.74) is 0. The van der Waals surface area contributed by atoms with Gasteiger partial charge in [0.2, 0.25) is 0 Å². The lowest BCUT2D eigenvalue weighted by molar-refractivity contribution is 0.328. The van der Waals surface area contributed by atoms with Gasteiger partial charge in [-0.05, 0) is 32.4 Å². The van der Waals surface area contributed by atoms with Crippen molar-refractivity contribution in [1.29, 1.82) is 0 Å².